The summed E-state index contributed by atoms with van der Waals surface area (Å²) >= 11 is 0. The van der Waals surface area contributed by atoms with E-state index in [1.807, 2.05) is 25.1 Å². The molecule has 1 amide bonds. The van der Waals surface area contributed by atoms with E-state index in [4.69, 9.17) is 0 Å². The molecule has 6 nitrogen and oxygen atoms in total. The summed E-state index contributed by atoms with van der Waals surface area (Å²) in [7, 11) is 0. The first-order valence-corrected chi connectivity index (χ1v) is 8.39. The van der Waals surface area contributed by atoms with E-state index >= 15 is 0 Å². The normalized spacial score (nSPS) is 15.1. The van der Waals surface area contributed by atoms with Crippen molar-refractivity contribution in [2.24, 2.45) is 0 Å². The number of benzene rings is 1. The lowest BCUT2D eigenvalue weighted by Gasteiger charge is -2.19. The minimum absolute atomic E-state index is 0.0236. The molecule has 1 fully saturated rings. The van der Waals surface area contributed by atoms with Crippen LogP contribution < -0.4 is 15.5 Å². The lowest BCUT2D eigenvalue weighted by Crippen LogP contribution is -2.24. The highest BCUT2D eigenvalue weighted by Gasteiger charge is 2.14. The van der Waals surface area contributed by atoms with Crippen LogP contribution in [-0.2, 0) is 4.79 Å². The minimum atomic E-state index is -0.0471. The van der Waals surface area contributed by atoms with Crippen molar-refractivity contribution in [3.63, 3.8) is 0 Å². The van der Waals surface area contributed by atoms with Crippen molar-refractivity contribution in [2.45, 2.75) is 32.2 Å². The van der Waals surface area contributed by atoms with Gasteiger partial charge in [0.25, 0.3) is 0 Å². The summed E-state index contributed by atoms with van der Waals surface area (Å²) in [5.41, 5.74) is 2.02. The second kappa shape index (κ2) is 7.77. The second-order valence-electron chi connectivity index (χ2n) is 6.11. The van der Waals surface area contributed by atoms with Gasteiger partial charge in [-0.25, -0.2) is 9.97 Å². The van der Waals surface area contributed by atoms with Crippen molar-refractivity contribution in [2.75, 3.05) is 28.6 Å². The van der Waals surface area contributed by atoms with Gasteiger partial charge in [-0.15, -0.1) is 0 Å². The Bertz CT molecular complexity index is 670. The number of nitrogens with one attached hydrogen (secondary N) is 2. The first-order chi connectivity index (χ1) is 11.7. The van der Waals surface area contributed by atoms with E-state index in [2.05, 4.69) is 31.6 Å². The van der Waals surface area contributed by atoms with Crippen LogP contribution in [0.2, 0.25) is 0 Å². The molecular formula is C18H23N5O. The topological polar surface area (TPSA) is 70.2 Å². The van der Waals surface area contributed by atoms with Gasteiger partial charge in [0.2, 0.25) is 11.9 Å². The lowest BCUT2D eigenvalue weighted by molar-refractivity contribution is -0.116. The fourth-order valence-corrected chi connectivity index (χ4v) is 2.89. The van der Waals surface area contributed by atoms with Crippen molar-refractivity contribution < 1.29 is 4.79 Å². The molecule has 0 saturated carbocycles. The van der Waals surface area contributed by atoms with Crippen LogP contribution >= 0.6 is 0 Å². The van der Waals surface area contributed by atoms with E-state index in [1.165, 1.54) is 18.5 Å². The smallest absolute Gasteiger partial charge is 0.226 e. The molecule has 24 heavy (non-hydrogen) atoms. The van der Waals surface area contributed by atoms with Crippen LogP contribution in [-0.4, -0.2) is 35.0 Å². The van der Waals surface area contributed by atoms with E-state index in [0.29, 0.717) is 12.4 Å². The number of anilines is 3. The third kappa shape index (κ3) is 4.44. The summed E-state index contributed by atoms with van der Waals surface area (Å²) in [5, 5.41) is 6.10. The van der Waals surface area contributed by atoms with Crippen LogP contribution in [0.4, 0.5) is 17.3 Å². The summed E-state index contributed by atoms with van der Waals surface area (Å²) in [6.07, 6.45) is 6.17. The Hall–Kier alpha value is -2.63. The van der Waals surface area contributed by atoms with Crippen molar-refractivity contribution in [1.29, 1.82) is 0 Å². The number of amides is 1. The van der Waals surface area contributed by atoms with Gasteiger partial charge in [0.15, 0.2) is 0 Å². The van der Waals surface area contributed by atoms with Crippen LogP contribution in [0.5, 0.6) is 0 Å². The Morgan fingerprint density at radius 1 is 1.21 bits per heavy atom. The van der Waals surface area contributed by atoms with Crippen molar-refractivity contribution >= 4 is 23.2 Å². The lowest BCUT2D eigenvalue weighted by atomic mass is 10.2. The van der Waals surface area contributed by atoms with Crippen LogP contribution in [0.1, 0.15) is 26.2 Å². The predicted molar refractivity (Wildman–Crippen MR) is 96.3 cm³/mol. The van der Waals surface area contributed by atoms with Gasteiger partial charge in [-0.05, 0) is 44.0 Å². The molecule has 1 aromatic heterocycles. The molecule has 126 valence electrons. The molecule has 0 spiro atoms. The zero-order valence-corrected chi connectivity index (χ0v) is 13.9. The molecule has 2 N–H and O–H groups in total. The standard InChI is InChI=1S/C18H23N5O/c1-14(21-18-19-8-5-9-20-18)12-17(24)22-15-6-4-7-16(13-15)23-10-2-3-11-23/h4-9,13-14H,2-3,10-12H2,1H3,(H,22,24)(H,19,20,21). The molecule has 0 radical (unpaired) electrons. The van der Waals surface area contributed by atoms with Crippen molar-refractivity contribution in [1.82, 2.24) is 9.97 Å². The molecule has 2 aromatic rings. The molecule has 1 aliphatic heterocycles. The maximum atomic E-state index is 12.2. The fraction of sp³-hybridized carbons (Fsp3) is 0.389. The highest BCUT2D eigenvalue weighted by Crippen LogP contribution is 2.23. The van der Waals surface area contributed by atoms with Gasteiger partial charge in [-0.3, -0.25) is 4.79 Å². The third-order valence-corrected chi connectivity index (χ3v) is 4.03. The van der Waals surface area contributed by atoms with Crippen molar-refractivity contribution in [3.8, 4) is 0 Å². The van der Waals surface area contributed by atoms with Crippen LogP contribution in [0.15, 0.2) is 42.7 Å². The van der Waals surface area contributed by atoms with Crippen LogP contribution in [0.25, 0.3) is 0 Å². The predicted octanol–water partition coefficient (Wildman–Crippen LogP) is 2.91. The van der Waals surface area contributed by atoms with Crippen LogP contribution in [0.3, 0.4) is 0 Å². The Morgan fingerprint density at radius 2 is 1.96 bits per heavy atom. The average molecular weight is 325 g/mol. The van der Waals surface area contributed by atoms with E-state index in [9.17, 15) is 4.79 Å². The Labute approximate surface area is 142 Å². The first kappa shape index (κ1) is 16.2. The molecule has 1 aliphatic rings. The number of hydrogen-bond acceptors (Lipinski definition) is 5. The maximum Gasteiger partial charge on any atom is 0.226 e. The van der Waals surface area contributed by atoms with Gasteiger partial charge in [-0.1, -0.05) is 6.07 Å². The largest absolute Gasteiger partial charge is 0.371 e. The Morgan fingerprint density at radius 3 is 2.71 bits per heavy atom. The highest BCUT2D eigenvalue weighted by molar-refractivity contribution is 5.91. The summed E-state index contributed by atoms with van der Waals surface area (Å²) in [6.45, 7) is 4.13. The van der Waals surface area contributed by atoms with Crippen molar-refractivity contribution in [3.05, 3.63) is 42.7 Å². The molecule has 1 unspecified atom stereocenters. The Kier molecular flexibility index (Phi) is 5.25. The molecule has 0 bridgehead atoms. The van der Waals surface area contributed by atoms with Gasteiger partial charge in [0.05, 0.1) is 0 Å². The Balaban J connectivity index is 1.53. The SMILES string of the molecule is CC(CC(=O)Nc1cccc(N2CCCC2)c1)Nc1ncccn1. The molecule has 6 heteroatoms. The van der Waals surface area contributed by atoms with E-state index in [0.717, 1.165) is 18.8 Å². The van der Waals surface area contributed by atoms with E-state index in [-0.39, 0.29) is 11.9 Å². The number of aromatic nitrogens is 2. The number of carbonyl (C=O) groups is 1. The van der Waals surface area contributed by atoms with Gasteiger partial charge in [0, 0.05) is 49.3 Å². The fourth-order valence-electron chi connectivity index (χ4n) is 2.89. The van der Waals surface area contributed by atoms with Crippen LogP contribution in [0, 0.1) is 0 Å². The average Bonchev–Trinajstić information content (AvgIpc) is 3.10. The van der Waals surface area contributed by atoms with Gasteiger partial charge in [0.1, 0.15) is 0 Å². The minimum Gasteiger partial charge on any atom is -0.371 e. The zero-order valence-electron chi connectivity index (χ0n) is 13.9. The third-order valence-electron chi connectivity index (χ3n) is 4.03. The quantitative estimate of drug-likeness (QED) is 0.854. The summed E-state index contributed by atoms with van der Waals surface area (Å²) < 4.78 is 0. The molecule has 2 heterocycles. The van der Waals surface area contributed by atoms with Gasteiger partial charge >= 0.3 is 0 Å². The summed E-state index contributed by atoms with van der Waals surface area (Å²) in [5.74, 6) is 0.512. The van der Waals surface area contributed by atoms with E-state index in [1.54, 1.807) is 18.5 Å². The zero-order chi connectivity index (χ0) is 16.8. The molecule has 1 saturated heterocycles. The number of rotatable bonds is 6. The first-order valence-electron chi connectivity index (χ1n) is 8.39. The second-order valence-corrected chi connectivity index (χ2v) is 6.11. The monoisotopic (exact) mass is 325 g/mol. The molecule has 0 aliphatic carbocycles. The van der Waals surface area contributed by atoms with Gasteiger partial charge in [-0.2, -0.15) is 0 Å². The summed E-state index contributed by atoms with van der Waals surface area (Å²) in [4.78, 5) is 22.8. The molecule has 3 rings (SSSR count). The molecular weight excluding hydrogens is 302 g/mol. The highest BCUT2D eigenvalue weighted by atomic mass is 16.1. The number of nitrogens with zero attached hydrogens (tertiary/aromatic N) is 3. The van der Waals surface area contributed by atoms with Gasteiger partial charge < -0.3 is 15.5 Å². The molecule has 1 atom stereocenters. The number of hydrogen-bond donors (Lipinski definition) is 2. The maximum absolute atomic E-state index is 12.2. The summed E-state index contributed by atoms with van der Waals surface area (Å²) in [6, 6.07) is 9.77. The number of carbonyl (C=O) groups excluding carboxylic acids is 1. The molecule has 1 aromatic carbocycles. The van der Waals surface area contributed by atoms with E-state index < -0.39 is 0 Å².